The van der Waals surface area contributed by atoms with E-state index in [1.165, 1.54) is 20.4 Å². The zero-order valence-corrected chi connectivity index (χ0v) is 11.7. The first-order valence-corrected chi connectivity index (χ1v) is 6.34. The van der Waals surface area contributed by atoms with Gasteiger partial charge < -0.3 is 9.88 Å². The maximum absolute atomic E-state index is 3.42. The largest absolute Gasteiger partial charge is 0.381 e. The van der Waals surface area contributed by atoms with Crippen LogP contribution < -0.4 is 5.32 Å². The topological polar surface area (TPSA) is 17.0 Å². The van der Waals surface area contributed by atoms with Crippen molar-refractivity contribution in [2.45, 2.75) is 13.5 Å². The molecular weight excluding hydrogens is 311 g/mol. The molecule has 1 aromatic carbocycles. The third-order valence-corrected chi connectivity index (χ3v) is 3.72. The summed E-state index contributed by atoms with van der Waals surface area (Å²) >= 11 is 2.36. The first kappa shape index (κ1) is 11.5. The predicted octanol–water partition coefficient (Wildman–Crippen LogP) is 3.55. The number of aryl methyl sites for hydroxylation is 2. The van der Waals surface area contributed by atoms with Crippen molar-refractivity contribution in [1.29, 1.82) is 0 Å². The molecule has 0 atom stereocenters. The number of hydrogen-bond acceptors (Lipinski definition) is 1. The highest BCUT2D eigenvalue weighted by atomic mass is 127. The minimum absolute atomic E-state index is 0.875. The molecule has 0 radical (unpaired) electrons. The highest BCUT2D eigenvalue weighted by molar-refractivity contribution is 14.1. The van der Waals surface area contributed by atoms with Gasteiger partial charge in [0, 0.05) is 35.2 Å². The molecule has 0 aliphatic carbocycles. The second-order valence-electron chi connectivity index (χ2n) is 4.00. The van der Waals surface area contributed by atoms with Gasteiger partial charge in [0.05, 0.1) is 0 Å². The second kappa shape index (κ2) is 4.91. The van der Waals surface area contributed by atoms with Crippen LogP contribution in [0.15, 0.2) is 36.7 Å². The van der Waals surface area contributed by atoms with Crippen molar-refractivity contribution in [3.05, 3.63) is 51.4 Å². The molecule has 0 aliphatic heterocycles. The fourth-order valence-electron chi connectivity index (χ4n) is 1.57. The van der Waals surface area contributed by atoms with Crippen molar-refractivity contribution >= 4 is 28.3 Å². The van der Waals surface area contributed by atoms with Crippen molar-refractivity contribution in [1.82, 2.24) is 4.57 Å². The van der Waals surface area contributed by atoms with Crippen LogP contribution in [0.2, 0.25) is 0 Å². The molecule has 0 aliphatic rings. The van der Waals surface area contributed by atoms with Gasteiger partial charge in [-0.3, -0.25) is 0 Å². The van der Waals surface area contributed by atoms with Gasteiger partial charge in [0.2, 0.25) is 0 Å². The molecule has 1 aromatic heterocycles. The van der Waals surface area contributed by atoms with Crippen molar-refractivity contribution in [2.24, 2.45) is 7.05 Å². The lowest BCUT2D eigenvalue weighted by molar-refractivity contribution is 0.920. The van der Waals surface area contributed by atoms with Crippen LogP contribution >= 0.6 is 22.6 Å². The monoisotopic (exact) mass is 326 g/mol. The standard InChI is InChI=1S/C13H15IN2/c1-10-3-4-12(7-13(10)14)15-8-11-5-6-16(2)9-11/h3-7,9,15H,8H2,1-2H3. The lowest BCUT2D eigenvalue weighted by Gasteiger charge is -2.06. The molecule has 3 heteroatoms. The maximum Gasteiger partial charge on any atom is 0.0415 e. The van der Waals surface area contributed by atoms with Gasteiger partial charge in [-0.05, 0) is 58.8 Å². The Kier molecular flexibility index (Phi) is 3.53. The van der Waals surface area contributed by atoms with Gasteiger partial charge in [-0.15, -0.1) is 0 Å². The van der Waals surface area contributed by atoms with Gasteiger partial charge in [-0.1, -0.05) is 6.07 Å². The first-order valence-electron chi connectivity index (χ1n) is 5.26. The minimum Gasteiger partial charge on any atom is -0.381 e. The molecule has 2 aromatic rings. The van der Waals surface area contributed by atoms with E-state index >= 15 is 0 Å². The molecule has 0 saturated heterocycles. The van der Waals surface area contributed by atoms with E-state index in [2.05, 4.69) is 76.1 Å². The molecule has 2 rings (SSSR count). The second-order valence-corrected chi connectivity index (χ2v) is 5.16. The van der Waals surface area contributed by atoms with E-state index in [4.69, 9.17) is 0 Å². The summed E-state index contributed by atoms with van der Waals surface area (Å²) in [5, 5.41) is 3.42. The molecule has 0 amide bonds. The van der Waals surface area contributed by atoms with Gasteiger partial charge in [0.1, 0.15) is 0 Å². The Bertz CT molecular complexity index is 488. The van der Waals surface area contributed by atoms with Crippen LogP contribution in [-0.2, 0) is 13.6 Å². The van der Waals surface area contributed by atoms with E-state index in [9.17, 15) is 0 Å². The number of aromatic nitrogens is 1. The number of halogens is 1. The van der Waals surface area contributed by atoms with Gasteiger partial charge in [-0.25, -0.2) is 0 Å². The Morgan fingerprint density at radius 2 is 2.12 bits per heavy atom. The van der Waals surface area contributed by atoms with E-state index in [0.29, 0.717) is 0 Å². The molecule has 0 spiro atoms. The number of hydrogen-bond donors (Lipinski definition) is 1. The van der Waals surface area contributed by atoms with Crippen LogP contribution in [0.5, 0.6) is 0 Å². The van der Waals surface area contributed by atoms with Crippen molar-refractivity contribution in [2.75, 3.05) is 5.32 Å². The predicted molar refractivity (Wildman–Crippen MR) is 76.6 cm³/mol. The fraction of sp³-hybridized carbons (Fsp3) is 0.231. The summed E-state index contributed by atoms with van der Waals surface area (Å²) in [5.41, 5.74) is 3.81. The molecule has 1 heterocycles. The third-order valence-electron chi connectivity index (χ3n) is 2.56. The highest BCUT2D eigenvalue weighted by Crippen LogP contribution is 2.17. The van der Waals surface area contributed by atoms with Crippen LogP contribution in [0.3, 0.4) is 0 Å². The normalized spacial score (nSPS) is 10.4. The smallest absolute Gasteiger partial charge is 0.0415 e. The highest BCUT2D eigenvalue weighted by Gasteiger charge is 1.98. The maximum atomic E-state index is 3.42. The number of rotatable bonds is 3. The lowest BCUT2D eigenvalue weighted by Crippen LogP contribution is -1.99. The summed E-state index contributed by atoms with van der Waals surface area (Å²) < 4.78 is 3.37. The average molecular weight is 326 g/mol. The van der Waals surface area contributed by atoms with Crippen LogP contribution in [0, 0.1) is 10.5 Å². The third kappa shape index (κ3) is 2.78. The molecular formula is C13H15IN2. The Hall–Kier alpha value is -0.970. The summed E-state index contributed by atoms with van der Waals surface area (Å²) in [5.74, 6) is 0. The van der Waals surface area contributed by atoms with Gasteiger partial charge in [-0.2, -0.15) is 0 Å². The van der Waals surface area contributed by atoms with E-state index in [1.807, 2.05) is 7.05 Å². The molecule has 1 N–H and O–H groups in total. The fourth-order valence-corrected chi connectivity index (χ4v) is 2.09. The first-order chi connectivity index (χ1) is 7.65. The summed E-state index contributed by atoms with van der Waals surface area (Å²) in [6.45, 7) is 3.00. The van der Waals surface area contributed by atoms with Crippen molar-refractivity contribution < 1.29 is 0 Å². The zero-order chi connectivity index (χ0) is 11.5. The van der Waals surface area contributed by atoms with Crippen LogP contribution in [0.1, 0.15) is 11.1 Å². The van der Waals surface area contributed by atoms with Crippen LogP contribution in [0.25, 0.3) is 0 Å². The Morgan fingerprint density at radius 3 is 2.75 bits per heavy atom. The van der Waals surface area contributed by atoms with E-state index in [1.54, 1.807) is 0 Å². The van der Waals surface area contributed by atoms with Crippen LogP contribution in [-0.4, -0.2) is 4.57 Å². The zero-order valence-electron chi connectivity index (χ0n) is 9.50. The van der Waals surface area contributed by atoms with Gasteiger partial charge in [0.15, 0.2) is 0 Å². The lowest BCUT2D eigenvalue weighted by atomic mass is 10.2. The summed E-state index contributed by atoms with van der Waals surface area (Å²) in [4.78, 5) is 0. The quantitative estimate of drug-likeness (QED) is 0.854. The minimum atomic E-state index is 0.875. The summed E-state index contributed by atoms with van der Waals surface area (Å²) in [6.07, 6.45) is 4.20. The number of nitrogens with zero attached hydrogens (tertiary/aromatic N) is 1. The number of benzene rings is 1. The van der Waals surface area contributed by atoms with Gasteiger partial charge in [0.25, 0.3) is 0 Å². The van der Waals surface area contributed by atoms with E-state index in [0.717, 1.165) is 6.54 Å². The average Bonchev–Trinajstić information content (AvgIpc) is 2.66. The summed E-state index contributed by atoms with van der Waals surface area (Å²) in [6, 6.07) is 8.58. The Balaban J connectivity index is 2.02. The van der Waals surface area contributed by atoms with E-state index < -0.39 is 0 Å². The Morgan fingerprint density at radius 1 is 1.31 bits per heavy atom. The molecule has 0 fully saturated rings. The number of anilines is 1. The molecule has 0 saturated carbocycles. The Labute approximate surface area is 110 Å². The number of nitrogens with one attached hydrogen (secondary N) is 1. The van der Waals surface area contributed by atoms with Crippen LogP contribution in [0.4, 0.5) is 5.69 Å². The summed E-state index contributed by atoms with van der Waals surface area (Å²) in [7, 11) is 2.04. The molecule has 0 unspecified atom stereocenters. The van der Waals surface area contributed by atoms with Gasteiger partial charge >= 0.3 is 0 Å². The molecule has 84 valence electrons. The SMILES string of the molecule is Cc1ccc(NCc2ccn(C)c2)cc1I. The molecule has 0 bridgehead atoms. The molecule has 2 nitrogen and oxygen atoms in total. The van der Waals surface area contributed by atoms with E-state index in [-0.39, 0.29) is 0 Å². The molecule has 16 heavy (non-hydrogen) atoms. The van der Waals surface area contributed by atoms with Crippen molar-refractivity contribution in [3.8, 4) is 0 Å². The van der Waals surface area contributed by atoms with Crippen molar-refractivity contribution in [3.63, 3.8) is 0 Å².